The lowest BCUT2D eigenvalue weighted by Gasteiger charge is -2.25. The van der Waals surface area contributed by atoms with Crippen molar-refractivity contribution in [1.82, 2.24) is 30.4 Å². The first-order valence-electron chi connectivity index (χ1n) is 13.4. The Labute approximate surface area is 245 Å². The fourth-order valence-electron chi connectivity index (χ4n) is 4.60. The van der Waals surface area contributed by atoms with E-state index in [0.29, 0.717) is 36.1 Å². The molecule has 4 aromatic heterocycles. The molecule has 0 aliphatic heterocycles. The van der Waals surface area contributed by atoms with Crippen molar-refractivity contribution in [3.8, 4) is 11.8 Å². The Balaban J connectivity index is 1.06. The molecule has 1 amide bonds. The van der Waals surface area contributed by atoms with Crippen LogP contribution in [0.4, 0.5) is 10.3 Å². The van der Waals surface area contributed by atoms with Crippen LogP contribution in [-0.4, -0.2) is 63.8 Å². The molecule has 5 rings (SSSR count). The molecule has 4 aromatic rings. The van der Waals surface area contributed by atoms with E-state index >= 15 is 0 Å². The van der Waals surface area contributed by atoms with Gasteiger partial charge in [0.15, 0.2) is 0 Å². The Morgan fingerprint density at radius 1 is 0.878 bits per heavy atom. The zero-order valence-electron chi connectivity index (χ0n) is 22.9. The van der Waals surface area contributed by atoms with Crippen molar-refractivity contribution in [3.05, 3.63) is 57.8 Å². The minimum Gasteiger partial charge on any atom is -0.481 e. The second-order valence-electron chi connectivity index (χ2n) is 9.57. The largest absolute Gasteiger partial charge is 0.481 e. The topological polar surface area (TPSA) is 146 Å². The molecule has 1 fully saturated rings. The van der Waals surface area contributed by atoms with Gasteiger partial charge in [-0.25, -0.2) is 9.97 Å². The molecule has 14 heteroatoms. The van der Waals surface area contributed by atoms with Gasteiger partial charge in [0, 0.05) is 36.4 Å². The van der Waals surface area contributed by atoms with Crippen LogP contribution in [-0.2, 0) is 22.4 Å². The Hall–Kier alpha value is -3.75. The van der Waals surface area contributed by atoms with Gasteiger partial charge in [-0.2, -0.15) is 0 Å². The predicted octanol–water partition coefficient (Wildman–Crippen LogP) is 4.45. The first kappa shape index (κ1) is 28.8. The average Bonchev–Trinajstić information content (AvgIpc) is 3.68. The van der Waals surface area contributed by atoms with E-state index in [4.69, 9.17) is 14.2 Å². The number of carbonyl (C=O) groups excluding carboxylic acids is 1. The SMILES string of the molecule is COc1ccc(CCOCNc2nnc([C@H]3CCC[C@H](c4nnc(NC(=O)Cc5ccc(OC)nc5)s4)C3)s2)cn1. The highest BCUT2D eigenvalue weighted by atomic mass is 32.1. The van der Waals surface area contributed by atoms with Gasteiger partial charge in [0.05, 0.1) is 27.2 Å². The maximum Gasteiger partial charge on any atom is 0.230 e. The summed E-state index contributed by atoms with van der Waals surface area (Å²) in [6.07, 6.45) is 8.51. The molecular weight excluding hydrogens is 564 g/mol. The van der Waals surface area contributed by atoms with Crippen LogP contribution in [0.1, 0.15) is 58.7 Å². The third kappa shape index (κ3) is 8.15. The van der Waals surface area contributed by atoms with Crippen LogP contribution in [0, 0.1) is 0 Å². The number of nitrogens with one attached hydrogen (secondary N) is 2. The average molecular weight is 597 g/mol. The van der Waals surface area contributed by atoms with Crippen LogP contribution < -0.4 is 20.1 Å². The molecule has 0 saturated heterocycles. The molecule has 12 nitrogen and oxygen atoms in total. The molecule has 1 aliphatic rings. The number of aromatic nitrogens is 6. The third-order valence-electron chi connectivity index (χ3n) is 6.74. The van der Waals surface area contributed by atoms with Crippen LogP contribution in [0.2, 0.25) is 0 Å². The summed E-state index contributed by atoms with van der Waals surface area (Å²) in [5.74, 6) is 1.55. The number of hydrogen-bond donors (Lipinski definition) is 2. The lowest BCUT2D eigenvalue weighted by atomic mass is 9.82. The van der Waals surface area contributed by atoms with E-state index in [1.807, 2.05) is 18.2 Å². The van der Waals surface area contributed by atoms with Crippen LogP contribution in [0.15, 0.2) is 36.7 Å². The molecule has 216 valence electrons. The predicted molar refractivity (Wildman–Crippen MR) is 156 cm³/mol. The number of carbonyl (C=O) groups is 1. The monoisotopic (exact) mass is 596 g/mol. The lowest BCUT2D eigenvalue weighted by molar-refractivity contribution is -0.115. The fraction of sp³-hybridized carbons (Fsp3) is 0.444. The fourth-order valence-corrected chi connectivity index (χ4v) is 6.38. The minimum absolute atomic E-state index is 0.156. The molecule has 2 N–H and O–H groups in total. The summed E-state index contributed by atoms with van der Waals surface area (Å²) in [6, 6.07) is 7.39. The standard InChI is InChI=1S/C27H32N8O4S2/c1-37-22-8-6-17(14-28-22)10-11-39-16-30-26-34-32-24(40-26)19-4-3-5-20(13-19)25-33-35-27(41-25)31-21(36)12-18-7-9-23(38-2)29-15-18/h6-9,14-15,19-20H,3-5,10-13,16H2,1-2H3,(H,30,34)(H,31,35,36)/t19-,20-/m0/s1. The molecule has 0 radical (unpaired) electrons. The number of anilines is 2. The molecule has 41 heavy (non-hydrogen) atoms. The van der Waals surface area contributed by atoms with Gasteiger partial charge >= 0.3 is 0 Å². The van der Waals surface area contributed by atoms with E-state index in [0.717, 1.165) is 58.4 Å². The first-order chi connectivity index (χ1) is 20.1. The van der Waals surface area contributed by atoms with E-state index in [1.54, 1.807) is 44.0 Å². The molecule has 0 unspecified atom stereocenters. The van der Waals surface area contributed by atoms with Crippen molar-refractivity contribution in [1.29, 1.82) is 0 Å². The van der Waals surface area contributed by atoms with Gasteiger partial charge < -0.3 is 24.8 Å². The van der Waals surface area contributed by atoms with Gasteiger partial charge in [0.1, 0.15) is 16.7 Å². The maximum atomic E-state index is 12.5. The Morgan fingerprint density at radius 2 is 1.51 bits per heavy atom. The van der Waals surface area contributed by atoms with Gasteiger partial charge in [-0.05, 0) is 36.8 Å². The molecule has 1 saturated carbocycles. The van der Waals surface area contributed by atoms with Crippen LogP contribution in [0.3, 0.4) is 0 Å². The molecule has 2 atom stereocenters. The lowest BCUT2D eigenvalue weighted by Crippen LogP contribution is -2.14. The number of ether oxygens (including phenoxy) is 3. The first-order valence-corrected chi connectivity index (χ1v) is 15.0. The molecule has 0 spiro atoms. The number of hydrogen-bond acceptors (Lipinski definition) is 13. The van der Waals surface area contributed by atoms with Crippen molar-refractivity contribution in [3.63, 3.8) is 0 Å². The summed E-state index contributed by atoms with van der Waals surface area (Å²) < 4.78 is 15.9. The van der Waals surface area contributed by atoms with Gasteiger partial charge in [-0.1, -0.05) is 41.2 Å². The third-order valence-corrected chi connectivity index (χ3v) is 8.78. The smallest absolute Gasteiger partial charge is 0.230 e. The van der Waals surface area contributed by atoms with E-state index in [-0.39, 0.29) is 18.2 Å². The van der Waals surface area contributed by atoms with Crippen molar-refractivity contribution < 1.29 is 19.0 Å². The highest BCUT2D eigenvalue weighted by molar-refractivity contribution is 7.15. The quantitative estimate of drug-likeness (QED) is 0.167. The number of rotatable bonds is 13. The zero-order valence-corrected chi connectivity index (χ0v) is 24.5. The minimum atomic E-state index is -0.156. The Morgan fingerprint density at radius 3 is 2.15 bits per heavy atom. The van der Waals surface area contributed by atoms with Crippen LogP contribution in [0.5, 0.6) is 11.8 Å². The van der Waals surface area contributed by atoms with E-state index < -0.39 is 0 Å². The van der Waals surface area contributed by atoms with Crippen molar-refractivity contribution in [2.24, 2.45) is 0 Å². The van der Waals surface area contributed by atoms with E-state index in [2.05, 4.69) is 41.0 Å². The number of pyridine rings is 2. The van der Waals surface area contributed by atoms with Gasteiger partial charge in [0.2, 0.25) is 27.9 Å². The van der Waals surface area contributed by atoms with Gasteiger partial charge in [-0.15, -0.1) is 20.4 Å². The molecule has 0 aromatic carbocycles. The highest BCUT2D eigenvalue weighted by Gasteiger charge is 2.29. The number of nitrogens with zero attached hydrogens (tertiary/aromatic N) is 6. The van der Waals surface area contributed by atoms with Crippen molar-refractivity contribution >= 4 is 38.8 Å². The zero-order chi connectivity index (χ0) is 28.4. The highest BCUT2D eigenvalue weighted by Crippen LogP contribution is 2.43. The van der Waals surface area contributed by atoms with Gasteiger partial charge in [0.25, 0.3) is 0 Å². The van der Waals surface area contributed by atoms with Crippen molar-refractivity contribution in [2.75, 3.05) is 38.2 Å². The summed E-state index contributed by atoms with van der Waals surface area (Å²) in [5.41, 5.74) is 1.89. The summed E-state index contributed by atoms with van der Waals surface area (Å²) >= 11 is 3.01. The normalized spacial score (nSPS) is 16.7. The van der Waals surface area contributed by atoms with E-state index in [1.165, 1.54) is 11.3 Å². The Bertz CT molecular complexity index is 1400. The second kappa shape index (κ2) is 14.2. The molecule has 0 bridgehead atoms. The maximum absolute atomic E-state index is 12.5. The number of amides is 1. The second-order valence-corrected chi connectivity index (χ2v) is 11.6. The van der Waals surface area contributed by atoms with E-state index in [9.17, 15) is 4.79 Å². The van der Waals surface area contributed by atoms with Crippen molar-refractivity contribution in [2.45, 2.75) is 50.4 Å². The number of methoxy groups -OCH3 is 2. The van der Waals surface area contributed by atoms with Crippen LogP contribution in [0.25, 0.3) is 0 Å². The summed E-state index contributed by atoms with van der Waals surface area (Å²) in [5, 5.41) is 26.7. The summed E-state index contributed by atoms with van der Waals surface area (Å²) in [4.78, 5) is 20.8. The molecule has 1 aliphatic carbocycles. The summed E-state index contributed by atoms with van der Waals surface area (Å²) in [6.45, 7) is 0.930. The van der Waals surface area contributed by atoms with Gasteiger partial charge in [-0.3, -0.25) is 4.79 Å². The molecular formula is C27H32N8O4S2. The summed E-state index contributed by atoms with van der Waals surface area (Å²) in [7, 11) is 3.16. The van der Waals surface area contributed by atoms with Crippen LogP contribution >= 0.6 is 22.7 Å². The Kier molecular flexibility index (Phi) is 9.99. The molecule has 4 heterocycles.